The van der Waals surface area contributed by atoms with Gasteiger partial charge in [-0.25, -0.2) is 0 Å². The predicted octanol–water partition coefficient (Wildman–Crippen LogP) is 2.53. The van der Waals surface area contributed by atoms with Crippen molar-refractivity contribution in [2.45, 2.75) is 32.6 Å². The molecule has 1 heteroatoms. The topological polar surface area (TPSA) is 12.0 Å². The van der Waals surface area contributed by atoms with Gasteiger partial charge in [0.05, 0.1) is 6.54 Å². The first-order valence-electron chi connectivity index (χ1n) is 6.21. The van der Waals surface area contributed by atoms with E-state index in [0.717, 1.165) is 13.1 Å². The van der Waals surface area contributed by atoms with E-state index in [4.69, 9.17) is 0 Å². The number of fused-ring (bicyclic) bond motifs is 1. The minimum Gasteiger partial charge on any atom is -0.306 e. The number of hydrogen-bond donors (Lipinski definition) is 1. The van der Waals surface area contributed by atoms with E-state index in [1.54, 1.807) is 0 Å². The Balaban J connectivity index is 2.07. The maximum Gasteiger partial charge on any atom is 0.0580 e. The average Bonchev–Trinajstić information content (AvgIpc) is 2.34. The molecule has 0 saturated carbocycles. The van der Waals surface area contributed by atoms with Crippen molar-refractivity contribution in [3.05, 3.63) is 34.9 Å². The molecule has 16 heavy (non-hydrogen) atoms. The standard InChI is InChI=1S/C15H19N/c1-2-16-11-5-6-13-9-10-14-7-3-4-8-15(14)12-13/h9-10,12,16H,2-4,7-8,11H2,1H3. The third-order valence-electron chi connectivity index (χ3n) is 3.04. The fourth-order valence-electron chi connectivity index (χ4n) is 2.14. The van der Waals surface area contributed by atoms with Crippen molar-refractivity contribution in [1.29, 1.82) is 0 Å². The van der Waals surface area contributed by atoms with Crippen molar-refractivity contribution in [1.82, 2.24) is 5.32 Å². The molecule has 1 aliphatic rings. The van der Waals surface area contributed by atoms with Gasteiger partial charge in [-0.15, -0.1) is 0 Å². The summed E-state index contributed by atoms with van der Waals surface area (Å²) in [6, 6.07) is 6.68. The molecule has 0 unspecified atom stereocenters. The van der Waals surface area contributed by atoms with Crippen LogP contribution in [0.15, 0.2) is 18.2 Å². The second-order valence-corrected chi connectivity index (χ2v) is 4.27. The third-order valence-corrected chi connectivity index (χ3v) is 3.04. The van der Waals surface area contributed by atoms with Crippen LogP contribution in [0.25, 0.3) is 0 Å². The van der Waals surface area contributed by atoms with Crippen molar-refractivity contribution >= 4 is 0 Å². The van der Waals surface area contributed by atoms with Gasteiger partial charge in [0.2, 0.25) is 0 Å². The van der Waals surface area contributed by atoms with Crippen LogP contribution in [0.4, 0.5) is 0 Å². The summed E-state index contributed by atoms with van der Waals surface area (Å²) in [7, 11) is 0. The molecule has 0 radical (unpaired) electrons. The number of rotatable bonds is 2. The first-order valence-corrected chi connectivity index (χ1v) is 6.21. The predicted molar refractivity (Wildman–Crippen MR) is 68.5 cm³/mol. The van der Waals surface area contributed by atoms with Crippen LogP contribution in [0.2, 0.25) is 0 Å². The Hall–Kier alpha value is -1.26. The van der Waals surface area contributed by atoms with Gasteiger partial charge in [0.15, 0.2) is 0 Å². The summed E-state index contributed by atoms with van der Waals surface area (Å²) in [4.78, 5) is 0. The van der Waals surface area contributed by atoms with E-state index in [0.29, 0.717) is 0 Å². The summed E-state index contributed by atoms with van der Waals surface area (Å²) < 4.78 is 0. The monoisotopic (exact) mass is 213 g/mol. The van der Waals surface area contributed by atoms with Gasteiger partial charge in [-0.05, 0) is 55.5 Å². The summed E-state index contributed by atoms with van der Waals surface area (Å²) >= 11 is 0. The molecule has 1 aromatic carbocycles. The van der Waals surface area contributed by atoms with Crippen molar-refractivity contribution < 1.29 is 0 Å². The summed E-state index contributed by atoms with van der Waals surface area (Å²) in [5.41, 5.74) is 4.21. The fourth-order valence-corrected chi connectivity index (χ4v) is 2.14. The van der Waals surface area contributed by atoms with E-state index in [9.17, 15) is 0 Å². The van der Waals surface area contributed by atoms with Crippen LogP contribution < -0.4 is 5.32 Å². The number of nitrogens with one attached hydrogen (secondary N) is 1. The molecule has 84 valence electrons. The van der Waals surface area contributed by atoms with E-state index in [-0.39, 0.29) is 0 Å². The second-order valence-electron chi connectivity index (χ2n) is 4.27. The minimum atomic E-state index is 0.785. The van der Waals surface area contributed by atoms with Crippen molar-refractivity contribution in [2.75, 3.05) is 13.1 Å². The number of hydrogen-bond acceptors (Lipinski definition) is 1. The Morgan fingerprint density at radius 3 is 2.81 bits per heavy atom. The fraction of sp³-hybridized carbons (Fsp3) is 0.467. The normalized spacial score (nSPS) is 13.8. The molecule has 0 aromatic heterocycles. The molecule has 1 aromatic rings. The molecule has 0 aliphatic heterocycles. The van der Waals surface area contributed by atoms with Crippen LogP contribution in [-0.4, -0.2) is 13.1 Å². The molecule has 0 fully saturated rings. The van der Waals surface area contributed by atoms with E-state index >= 15 is 0 Å². The number of benzene rings is 1. The van der Waals surface area contributed by atoms with Crippen LogP contribution in [0.3, 0.4) is 0 Å². The van der Waals surface area contributed by atoms with Crippen LogP contribution in [0, 0.1) is 11.8 Å². The zero-order valence-electron chi connectivity index (χ0n) is 9.97. The lowest BCUT2D eigenvalue weighted by Gasteiger charge is -2.15. The van der Waals surface area contributed by atoms with Crippen LogP contribution in [0.5, 0.6) is 0 Å². The van der Waals surface area contributed by atoms with Gasteiger partial charge < -0.3 is 5.32 Å². The van der Waals surface area contributed by atoms with Crippen LogP contribution in [-0.2, 0) is 12.8 Å². The van der Waals surface area contributed by atoms with E-state index in [2.05, 4.69) is 42.3 Å². The van der Waals surface area contributed by atoms with Crippen LogP contribution in [0.1, 0.15) is 36.5 Å². The van der Waals surface area contributed by atoms with E-state index < -0.39 is 0 Å². The molecule has 0 bridgehead atoms. The van der Waals surface area contributed by atoms with Crippen molar-refractivity contribution in [3.63, 3.8) is 0 Å². The molecular weight excluding hydrogens is 194 g/mol. The summed E-state index contributed by atoms with van der Waals surface area (Å²) in [6.45, 7) is 3.87. The smallest absolute Gasteiger partial charge is 0.0580 e. The molecule has 0 amide bonds. The van der Waals surface area contributed by atoms with Gasteiger partial charge in [-0.1, -0.05) is 24.8 Å². The maximum absolute atomic E-state index is 3.22. The molecule has 1 N–H and O–H groups in total. The van der Waals surface area contributed by atoms with Crippen molar-refractivity contribution in [2.24, 2.45) is 0 Å². The quantitative estimate of drug-likeness (QED) is 0.588. The molecule has 1 aliphatic carbocycles. The lowest BCUT2D eigenvalue weighted by Crippen LogP contribution is -2.11. The van der Waals surface area contributed by atoms with E-state index in [1.165, 1.54) is 42.4 Å². The summed E-state index contributed by atoms with van der Waals surface area (Å²) in [5.74, 6) is 6.37. The highest BCUT2D eigenvalue weighted by Crippen LogP contribution is 2.21. The molecule has 0 heterocycles. The average molecular weight is 213 g/mol. The first kappa shape index (κ1) is 11.2. The highest BCUT2D eigenvalue weighted by molar-refractivity contribution is 5.42. The highest BCUT2D eigenvalue weighted by atomic mass is 14.8. The molecule has 2 rings (SSSR count). The van der Waals surface area contributed by atoms with Gasteiger partial charge >= 0.3 is 0 Å². The lowest BCUT2D eigenvalue weighted by atomic mass is 9.90. The highest BCUT2D eigenvalue weighted by Gasteiger charge is 2.08. The Labute approximate surface area is 98.3 Å². The Bertz CT molecular complexity index is 409. The maximum atomic E-state index is 3.22. The van der Waals surface area contributed by atoms with Gasteiger partial charge in [-0.3, -0.25) is 0 Å². The Morgan fingerprint density at radius 2 is 2.00 bits per heavy atom. The summed E-state index contributed by atoms with van der Waals surface area (Å²) in [5, 5.41) is 3.21. The third kappa shape index (κ3) is 2.87. The van der Waals surface area contributed by atoms with Gasteiger partial charge in [-0.2, -0.15) is 0 Å². The number of aryl methyl sites for hydroxylation is 2. The molecule has 0 atom stereocenters. The van der Waals surface area contributed by atoms with Crippen molar-refractivity contribution in [3.8, 4) is 11.8 Å². The largest absolute Gasteiger partial charge is 0.306 e. The molecule has 0 spiro atoms. The van der Waals surface area contributed by atoms with Gasteiger partial charge in [0, 0.05) is 5.56 Å². The van der Waals surface area contributed by atoms with Gasteiger partial charge in [0.25, 0.3) is 0 Å². The molecule has 0 saturated heterocycles. The van der Waals surface area contributed by atoms with Crippen LogP contribution >= 0.6 is 0 Å². The minimum absolute atomic E-state index is 0.785. The Kier molecular flexibility index (Phi) is 4.02. The van der Waals surface area contributed by atoms with E-state index in [1.807, 2.05) is 0 Å². The molecular formula is C15H19N. The lowest BCUT2D eigenvalue weighted by molar-refractivity contribution is 0.685. The summed E-state index contributed by atoms with van der Waals surface area (Å²) in [6.07, 6.45) is 5.16. The first-order chi connectivity index (χ1) is 7.90. The molecule has 1 nitrogen and oxygen atoms in total. The second kappa shape index (κ2) is 5.72. The Morgan fingerprint density at radius 1 is 1.19 bits per heavy atom. The van der Waals surface area contributed by atoms with Gasteiger partial charge in [0.1, 0.15) is 0 Å². The SMILES string of the molecule is CCNCC#Cc1ccc2c(c1)CCCC2. The zero-order chi connectivity index (χ0) is 11.2. The zero-order valence-corrected chi connectivity index (χ0v) is 9.97.